The van der Waals surface area contributed by atoms with Gasteiger partial charge in [0.2, 0.25) is 0 Å². The molecule has 0 atom stereocenters. The van der Waals surface area contributed by atoms with Gasteiger partial charge in [0, 0.05) is 24.6 Å². The molecule has 0 amide bonds. The number of unbranched alkanes of at least 4 members (excludes halogenated alkanes) is 1. The molecule has 3 nitrogen and oxygen atoms in total. The van der Waals surface area contributed by atoms with E-state index >= 15 is 0 Å². The highest BCUT2D eigenvalue weighted by Gasteiger charge is 2.31. The van der Waals surface area contributed by atoms with Crippen molar-refractivity contribution in [2.45, 2.75) is 44.4 Å². The second-order valence-electron chi connectivity index (χ2n) is 10.7. The summed E-state index contributed by atoms with van der Waals surface area (Å²) < 4.78 is 29.6. The van der Waals surface area contributed by atoms with Crippen LogP contribution in [0.4, 0.5) is 0 Å². The minimum Gasteiger partial charge on any atom is -0.322 e. The van der Waals surface area contributed by atoms with E-state index in [1.165, 1.54) is 0 Å². The second-order valence-corrected chi connectivity index (χ2v) is 16.8. The van der Waals surface area contributed by atoms with E-state index in [1.54, 1.807) is 0 Å². The fourth-order valence-corrected chi connectivity index (χ4v) is 11.5. The summed E-state index contributed by atoms with van der Waals surface area (Å²) >= 11 is 0. The van der Waals surface area contributed by atoms with Crippen molar-refractivity contribution in [3.05, 3.63) is 144 Å². The van der Waals surface area contributed by atoms with E-state index < -0.39 is 14.3 Å². The maximum atomic E-state index is 14.8. The smallest absolute Gasteiger partial charge is 0.109 e. The Kier molecular flexibility index (Phi) is 11.0. The zero-order valence-electron chi connectivity index (χ0n) is 23.1. The molecule has 4 aromatic rings. The van der Waals surface area contributed by atoms with Gasteiger partial charge in [-0.05, 0) is 35.2 Å². The molecule has 0 N–H and O–H groups in total. The van der Waals surface area contributed by atoms with E-state index in [-0.39, 0.29) is 0 Å². The molecular weight excluding hydrogens is 516 g/mol. The summed E-state index contributed by atoms with van der Waals surface area (Å²) in [5, 5.41) is 0. The maximum absolute atomic E-state index is 14.8. The summed E-state index contributed by atoms with van der Waals surface area (Å²) in [6, 6.07) is 40.7. The first-order valence-electron chi connectivity index (χ1n) is 14.0. The third-order valence-corrected chi connectivity index (χ3v) is 12.6. The Bertz CT molecular complexity index is 1150. The molecule has 0 saturated carbocycles. The van der Waals surface area contributed by atoms with Crippen LogP contribution in [0.15, 0.2) is 121 Å². The molecule has 0 fully saturated rings. The lowest BCUT2D eigenvalue weighted by atomic mass is 10.2. The molecule has 0 bridgehead atoms. The Morgan fingerprint density at radius 1 is 0.487 bits per heavy atom. The van der Waals surface area contributed by atoms with Crippen LogP contribution >= 0.6 is 14.3 Å². The monoisotopic (exact) mass is 557 g/mol. The predicted octanol–water partition coefficient (Wildman–Crippen LogP) is 9.53. The Balaban J connectivity index is 1.63. The van der Waals surface area contributed by atoms with Crippen LogP contribution in [0.2, 0.25) is 0 Å². The lowest BCUT2D eigenvalue weighted by molar-refractivity contribution is 0.347. The van der Waals surface area contributed by atoms with Crippen molar-refractivity contribution >= 4 is 14.3 Å². The number of benzene rings is 4. The summed E-state index contributed by atoms with van der Waals surface area (Å²) in [6.45, 7) is 2.98. The van der Waals surface area contributed by atoms with Gasteiger partial charge in [0.1, 0.15) is 14.3 Å². The summed E-state index contributed by atoms with van der Waals surface area (Å²) in [5.41, 5.74) is 4.40. The van der Waals surface area contributed by atoms with Crippen LogP contribution in [-0.2, 0) is 33.8 Å². The third-order valence-electron chi connectivity index (χ3n) is 7.00. The fraction of sp³-hybridized carbons (Fsp3) is 0.294. The molecule has 0 saturated heterocycles. The Morgan fingerprint density at radius 2 is 0.769 bits per heavy atom. The Morgan fingerprint density at radius 3 is 1.03 bits per heavy atom. The highest BCUT2D eigenvalue weighted by atomic mass is 31.2. The van der Waals surface area contributed by atoms with Crippen molar-refractivity contribution in [2.24, 2.45) is 0 Å². The molecule has 0 aliphatic heterocycles. The van der Waals surface area contributed by atoms with Crippen molar-refractivity contribution in [3.8, 4) is 0 Å². The standard InChI is InChI=1S/C34H41NO2P2/c1-2-3-24-35(29-38(36,25-31-16-8-4-9-17-31)26-32-18-10-5-11-19-32)30-39(37,27-33-20-12-6-13-21-33)28-34-22-14-7-15-23-34/h4-23H,2-3,24-30H2,1H3. The van der Waals surface area contributed by atoms with Gasteiger partial charge in [0.15, 0.2) is 0 Å². The average Bonchev–Trinajstić information content (AvgIpc) is 2.93. The van der Waals surface area contributed by atoms with Gasteiger partial charge in [-0.2, -0.15) is 0 Å². The SMILES string of the molecule is CCCCN(CP(=O)(Cc1ccccc1)Cc1ccccc1)CP(=O)(Cc1ccccc1)Cc1ccccc1. The normalized spacial score (nSPS) is 12.1. The van der Waals surface area contributed by atoms with Crippen LogP contribution in [0.5, 0.6) is 0 Å². The minimum atomic E-state index is -2.71. The van der Waals surface area contributed by atoms with Crippen LogP contribution in [0.25, 0.3) is 0 Å². The molecule has 0 heterocycles. The molecule has 204 valence electrons. The summed E-state index contributed by atoms with van der Waals surface area (Å²) in [4.78, 5) is 2.28. The number of hydrogen-bond donors (Lipinski definition) is 0. The summed E-state index contributed by atoms with van der Waals surface area (Å²) in [7, 11) is -5.41. The first-order chi connectivity index (χ1) is 19.0. The van der Waals surface area contributed by atoms with Gasteiger partial charge in [-0.15, -0.1) is 0 Å². The highest BCUT2D eigenvalue weighted by molar-refractivity contribution is 7.63. The molecule has 39 heavy (non-hydrogen) atoms. The zero-order chi connectivity index (χ0) is 27.4. The number of hydrogen-bond acceptors (Lipinski definition) is 3. The van der Waals surface area contributed by atoms with E-state index in [1.807, 2.05) is 72.8 Å². The average molecular weight is 558 g/mol. The second kappa shape index (κ2) is 14.6. The number of nitrogens with zero attached hydrogens (tertiary/aromatic N) is 1. The molecule has 0 unspecified atom stereocenters. The topological polar surface area (TPSA) is 37.4 Å². The van der Waals surface area contributed by atoms with Crippen LogP contribution in [0.1, 0.15) is 42.0 Å². The van der Waals surface area contributed by atoms with Gasteiger partial charge >= 0.3 is 0 Å². The summed E-state index contributed by atoms with van der Waals surface area (Å²) in [6.07, 6.45) is 5.18. The molecular formula is C34H41NO2P2. The zero-order valence-corrected chi connectivity index (χ0v) is 24.9. The fourth-order valence-electron chi connectivity index (χ4n) is 5.27. The number of rotatable bonds is 15. The van der Waals surface area contributed by atoms with Gasteiger partial charge in [-0.3, -0.25) is 4.90 Å². The van der Waals surface area contributed by atoms with Crippen LogP contribution in [-0.4, -0.2) is 24.0 Å². The van der Waals surface area contributed by atoms with Gasteiger partial charge in [-0.1, -0.05) is 135 Å². The van der Waals surface area contributed by atoms with E-state index in [4.69, 9.17) is 0 Å². The third kappa shape index (κ3) is 9.77. The van der Waals surface area contributed by atoms with Crippen molar-refractivity contribution < 1.29 is 9.13 Å². The van der Waals surface area contributed by atoms with Gasteiger partial charge < -0.3 is 9.13 Å². The van der Waals surface area contributed by atoms with Gasteiger partial charge in [0.25, 0.3) is 0 Å². The van der Waals surface area contributed by atoms with Crippen molar-refractivity contribution in [1.29, 1.82) is 0 Å². The van der Waals surface area contributed by atoms with E-state index in [2.05, 4.69) is 60.4 Å². The molecule has 4 rings (SSSR count). The molecule has 0 aliphatic rings. The van der Waals surface area contributed by atoms with Crippen LogP contribution < -0.4 is 0 Å². The lowest BCUT2D eigenvalue weighted by Gasteiger charge is -2.32. The minimum absolute atomic E-state index is 0.477. The largest absolute Gasteiger partial charge is 0.322 e. The molecule has 0 radical (unpaired) electrons. The van der Waals surface area contributed by atoms with Crippen LogP contribution in [0, 0.1) is 0 Å². The van der Waals surface area contributed by atoms with Crippen molar-refractivity contribution in [3.63, 3.8) is 0 Å². The summed E-state index contributed by atoms with van der Waals surface area (Å²) in [5.74, 6) is 0. The Labute approximate surface area is 235 Å². The van der Waals surface area contributed by atoms with Gasteiger partial charge in [-0.25, -0.2) is 0 Å². The molecule has 5 heteroatoms. The lowest BCUT2D eigenvalue weighted by Crippen LogP contribution is -2.29. The highest BCUT2D eigenvalue weighted by Crippen LogP contribution is 2.57. The van der Waals surface area contributed by atoms with E-state index in [0.29, 0.717) is 37.2 Å². The first kappa shape index (κ1) is 29.3. The Hall–Kier alpha value is -2.70. The van der Waals surface area contributed by atoms with E-state index in [0.717, 1.165) is 41.6 Å². The van der Waals surface area contributed by atoms with E-state index in [9.17, 15) is 9.13 Å². The molecule has 0 aromatic heterocycles. The first-order valence-corrected chi connectivity index (χ1v) is 18.5. The van der Waals surface area contributed by atoms with Crippen LogP contribution in [0.3, 0.4) is 0 Å². The van der Waals surface area contributed by atoms with Crippen molar-refractivity contribution in [2.75, 3.05) is 19.1 Å². The maximum Gasteiger partial charge on any atom is 0.109 e. The quantitative estimate of drug-likeness (QED) is 0.137. The molecule has 4 aromatic carbocycles. The predicted molar refractivity (Wildman–Crippen MR) is 167 cm³/mol. The van der Waals surface area contributed by atoms with Crippen molar-refractivity contribution in [1.82, 2.24) is 4.90 Å². The van der Waals surface area contributed by atoms with Gasteiger partial charge in [0.05, 0.1) is 12.6 Å². The molecule has 0 aliphatic carbocycles. The molecule has 0 spiro atoms.